The number of piperidine rings is 1. The fourth-order valence-electron chi connectivity index (χ4n) is 2.74. The number of urea groups is 1. The molecule has 0 aromatic carbocycles. The molecule has 3 heterocycles. The normalized spacial score (nSPS) is 23.8. The van der Waals surface area contributed by atoms with Gasteiger partial charge in [-0.05, 0) is 12.8 Å². The molecule has 2 amide bonds. The Hall–Kier alpha value is -2.23. The van der Waals surface area contributed by atoms with Crippen molar-refractivity contribution < 1.29 is 35.0 Å². The topological polar surface area (TPSA) is 183 Å². The molecule has 1 aromatic rings. The van der Waals surface area contributed by atoms with Crippen molar-refractivity contribution in [3.8, 4) is 0 Å². The van der Waals surface area contributed by atoms with Gasteiger partial charge in [-0.1, -0.05) is 5.16 Å². The van der Waals surface area contributed by atoms with Crippen molar-refractivity contribution in [1.82, 2.24) is 19.8 Å². The summed E-state index contributed by atoms with van der Waals surface area (Å²) >= 11 is 0. The molecular weight excluding hydrogens is 382 g/mol. The summed E-state index contributed by atoms with van der Waals surface area (Å²) in [5, 5.41) is 11.3. The first kappa shape index (κ1) is 17.6. The molecule has 3 N–H and O–H groups in total. The molecule has 2 unspecified atom stereocenters. The van der Waals surface area contributed by atoms with Crippen LogP contribution in [0.15, 0.2) is 21.9 Å². The summed E-state index contributed by atoms with van der Waals surface area (Å²) in [6.45, 7) is 0.0209. The summed E-state index contributed by atoms with van der Waals surface area (Å²) < 4.78 is 65.2. The Morgan fingerprint density at radius 1 is 1.40 bits per heavy atom. The van der Waals surface area contributed by atoms with Crippen LogP contribution in [0.3, 0.4) is 0 Å². The summed E-state index contributed by atoms with van der Waals surface area (Å²) in [5.74, 6) is -0.483. The Kier molecular flexibility index (Phi) is 4.18. The third kappa shape index (κ3) is 3.44. The molecule has 138 valence electrons. The Morgan fingerprint density at radius 2 is 2.12 bits per heavy atom. The number of carbonyl (C=O) groups excluding carboxylic acids is 1. The van der Waals surface area contributed by atoms with E-state index in [1.165, 1.54) is 0 Å². The van der Waals surface area contributed by atoms with Crippen molar-refractivity contribution in [3.05, 3.63) is 12.3 Å². The van der Waals surface area contributed by atoms with Crippen LogP contribution in [0.1, 0.15) is 12.8 Å². The largest absolute Gasteiger partial charge is 0.418 e. The van der Waals surface area contributed by atoms with Crippen LogP contribution in [0.2, 0.25) is 0 Å². The average molecular weight is 395 g/mol. The number of aromatic nitrogens is 1. The molecule has 25 heavy (non-hydrogen) atoms. The van der Waals surface area contributed by atoms with Gasteiger partial charge in [-0.15, -0.1) is 4.28 Å². The van der Waals surface area contributed by atoms with E-state index in [4.69, 9.17) is 9.96 Å². The van der Waals surface area contributed by atoms with Crippen LogP contribution in [-0.2, 0) is 24.7 Å². The molecule has 2 atom stereocenters. The third-order valence-corrected chi connectivity index (χ3v) is 5.36. The molecule has 2 aliphatic heterocycles. The van der Waals surface area contributed by atoms with Gasteiger partial charge in [-0.3, -0.25) is 14.7 Å². The van der Waals surface area contributed by atoms with E-state index in [9.17, 15) is 21.6 Å². The molecule has 0 saturated carbocycles. The highest BCUT2D eigenvalue weighted by Crippen LogP contribution is 2.31. The Bertz CT molecular complexity index is 896. The van der Waals surface area contributed by atoms with Crippen LogP contribution in [0, 0.1) is 5.41 Å². The number of hydrogen-bond donors (Lipinski definition) is 3. The second-order valence-electron chi connectivity index (χ2n) is 5.37. The quantitative estimate of drug-likeness (QED) is 0.317. The number of amides is 2. The zero-order chi connectivity index (χ0) is 18.4. The van der Waals surface area contributed by atoms with Crippen LogP contribution >= 0.6 is 0 Å². The number of hydrogen-bond acceptors (Lipinski definition) is 9. The van der Waals surface area contributed by atoms with Crippen molar-refractivity contribution in [1.29, 1.82) is 5.41 Å². The number of amidine groups is 1. The lowest BCUT2D eigenvalue weighted by Crippen LogP contribution is -2.50. The summed E-state index contributed by atoms with van der Waals surface area (Å²) in [6.07, 6.45) is 1.50. The molecule has 1 aromatic heterocycles. The van der Waals surface area contributed by atoms with Gasteiger partial charge in [0.25, 0.3) is 10.0 Å². The molecular formula is C10H13N5O8S2. The standard InChI is InChI=1S/C10H13N5O8S2/c11-9(13-24(17,18)8-3-4-22-12-8)7-2-1-6-5-14(7)10(16)15(6)23-25(19,20)21/h3-4,6-7H,1-2,5H2,(H2,11,13)(H,19,20,21). The fourth-order valence-corrected chi connectivity index (χ4v) is 4.03. The molecule has 2 bridgehead atoms. The van der Waals surface area contributed by atoms with Gasteiger partial charge in [-0.25, -0.2) is 4.79 Å². The molecule has 2 aliphatic rings. The van der Waals surface area contributed by atoms with Crippen molar-refractivity contribution >= 4 is 32.3 Å². The van der Waals surface area contributed by atoms with Gasteiger partial charge in [-0.2, -0.15) is 21.9 Å². The van der Waals surface area contributed by atoms with Crippen LogP contribution in [0.5, 0.6) is 0 Å². The molecule has 15 heteroatoms. The lowest BCUT2D eigenvalue weighted by molar-refractivity contribution is -0.0316. The first-order valence-electron chi connectivity index (χ1n) is 6.87. The summed E-state index contributed by atoms with van der Waals surface area (Å²) in [5.41, 5.74) is 0. The van der Waals surface area contributed by atoms with Crippen LogP contribution in [0.4, 0.5) is 4.79 Å². The molecule has 0 aliphatic carbocycles. The number of sulfonamides is 1. The minimum atomic E-state index is -4.88. The molecule has 0 spiro atoms. The average Bonchev–Trinajstić information content (AvgIpc) is 3.11. The number of fused-ring (bicyclic) bond motifs is 2. The summed E-state index contributed by atoms with van der Waals surface area (Å²) in [7, 11) is -9.02. The lowest BCUT2D eigenvalue weighted by atomic mass is 10.0. The predicted octanol–water partition coefficient (Wildman–Crippen LogP) is -1.07. The van der Waals surface area contributed by atoms with E-state index in [0.717, 1.165) is 17.2 Å². The van der Waals surface area contributed by atoms with Gasteiger partial charge in [0.05, 0.1) is 12.1 Å². The molecule has 3 rings (SSSR count). The van der Waals surface area contributed by atoms with Crippen molar-refractivity contribution in [2.45, 2.75) is 30.0 Å². The van der Waals surface area contributed by atoms with Gasteiger partial charge in [0, 0.05) is 12.6 Å². The second-order valence-corrected chi connectivity index (χ2v) is 8.00. The Balaban J connectivity index is 1.75. The van der Waals surface area contributed by atoms with Gasteiger partial charge in [0.1, 0.15) is 12.1 Å². The predicted molar refractivity (Wildman–Crippen MR) is 77.9 cm³/mol. The number of hydroxylamine groups is 2. The third-order valence-electron chi connectivity index (χ3n) is 3.76. The van der Waals surface area contributed by atoms with Crippen molar-refractivity contribution in [2.24, 2.45) is 0 Å². The van der Waals surface area contributed by atoms with Gasteiger partial charge in [0.2, 0.25) is 5.03 Å². The van der Waals surface area contributed by atoms with E-state index in [-0.39, 0.29) is 19.4 Å². The Labute approximate surface area is 142 Å². The van der Waals surface area contributed by atoms with Crippen molar-refractivity contribution in [3.63, 3.8) is 0 Å². The minimum absolute atomic E-state index is 0.0209. The highest BCUT2D eigenvalue weighted by Gasteiger charge is 2.48. The monoisotopic (exact) mass is 395 g/mol. The minimum Gasteiger partial charge on any atom is -0.363 e. The van der Waals surface area contributed by atoms with E-state index in [1.807, 2.05) is 4.72 Å². The van der Waals surface area contributed by atoms with Crippen LogP contribution in [0.25, 0.3) is 0 Å². The molecule has 2 fully saturated rings. The van der Waals surface area contributed by atoms with Gasteiger partial charge >= 0.3 is 16.4 Å². The number of nitrogens with zero attached hydrogens (tertiary/aromatic N) is 3. The lowest BCUT2D eigenvalue weighted by Gasteiger charge is -2.30. The highest BCUT2D eigenvalue weighted by atomic mass is 32.3. The van der Waals surface area contributed by atoms with E-state index in [0.29, 0.717) is 5.06 Å². The first-order chi connectivity index (χ1) is 11.6. The summed E-state index contributed by atoms with van der Waals surface area (Å²) in [4.78, 5) is 13.3. The number of rotatable bonds is 5. The van der Waals surface area contributed by atoms with Crippen LogP contribution in [-0.4, -0.2) is 67.0 Å². The summed E-state index contributed by atoms with van der Waals surface area (Å²) in [6, 6.07) is -1.36. The molecule has 2 saturated heterocycles. The smallest absolute Gasteiger partial charge is 0.363 e. The van der Waals surface area contributed by atoms with E-state index >= 15 is 0 Å². The fraction of sp³-hybridized carbons (Fsp3) is 0.500. The second kappa shape index (κ2) is 5.94. The van der Waals surface area contributed by atoms with E-state index < -0.39 is 49.4 Å². The van der Waals surface area contributed by atoms with Crippen molar-refractivity contribution in [2.75, 3.05) is 6.54 Å². The van der Waals surface area contributed by atoms with Gasteiger partial charge < -0.3 is 9.42 Å². The molecule has 0 radical (unpaired) electrons. The van der Waals surface area contributed by atoms with Crippen LogP contribution < -0.4 is 4.72 Å². The van der Waals surface area contributed by atoms with E-state index in [1.54, 1.807) is 0 Å². The first-order valence-corrected chi connectivity index (χ1v) is 9.72. The maximum absolute atomic E-state index is 12.2. The highest BCUT2D eigenvalue weighted by molar-refractivity contribution is 7.90. The number of carbonyl (C=O) groups is 1. The maximum Gasteiger partial charge on any atom is 0.418 e. The SMILES string of the molecule is N=C(NS(=O)(=O)c1ccon1)C1CCC2CN1C(=O)N2OS(=O)(=O)O. The van der Waals surface area contributed by atoms with Gasteiger partial charge in [0.15, 0.2) is 0 Å². The Morgan fingerprint density at radius 3 is 2.72 bits per heavy atom. The maximum atomic E-state index is 12.2. The van der Waals surface area contributed by atoms with E-state index in [2.05, 4.69) is 14.0 Å². The zero-order valence-electron chi connectivity index (χ0n) is 12.4. The number of nitrogens with one attached hydrogen (secondary N) is 2. The molecule has 13 nitrogen and oxygen atoms in total. The zero-order valence-corrected chi connectivity index (χ0v) is 14.0.